The fourth-order valence-electron chi connectivity index (χ4n) is 2.42. The molecule has 128 valence electrons. The first-order chi connectivity index (χ1) is 11.9. The maximum absolute atomic E-state index is 11.5. The molecule has 0 spiro atoms. The fraction of sp³-hybridized carbons (Fsp3) is 0.0588. The number of hydrogen-bond donors (Lipinski definition) is 2. The van der Waals surface area contributed by atoms with Crippen LogP contribution in [0.15, 0.2) is 61.4 Å². The van der Waals surface area contributed by atoms with Crippen LogP contribution in [0.1, 0.15) is 0 Å². The van der Waals surface area contributed by atoms with Gasteiger partial charge in [0.25, 0.3) is 0 Å². The lowest BCUT2D eigenvalue weighted by Gasteiger charge is -2.09. The average molecular weight is 356 g/mol. The van der Waals surface area contributed by atoms with Gasteiger partial charge in [-0.25, -0.2) is 13.4 Å². The Balaban J connectivity index is 2.03. The first-order valence-electron chi connectivity index (χ1n) is 7.34. The number of anilines is 2. The van der Waals surface area contributed by atoms with Crippen molar-refractivity contribution in [2.45, 2.75) is 0 Å². The zero-order valence-corrected chi connectivity index (χ0v) is 14.2. The number of hydrogen-bond acceptors (Lipinski definition) is 4. The van der Waals surface area contributed by atoms with Gasteiger partial charge in [0.05, 0.1) is 23.0 Å². The molecule has 0 aliphatic carbocycles. The Labute approximate surface area is 145 Å². The summed E-state index contributed by atoms with van der Waals surface area (Å²) in [4.78, 5) is 15.8. The number of amides is 1. The van der Waals surface area contributed by atoms with Gasteiger partial charge in [0, 0.05) is 11.4 Å². The van der Waals surface area contributed by atoms with Crippen molar-refractivity contribution in [3.8, 4) is 5.69 Å². The number of imidazole rings is 1. The number of benzene rings is 2. The normalized spacial score (nSPS) is 11.2. The van der Waals surface area contributed by atoms with Crippen LogP contribution in [0.25, 0.3) is 16.7 Å². The highest BCUT2D eigenvalue weighted by molar-refractivity contribution is 7.92. The molecule has 3 aromatic rings. The van der Waals surface area contributed by atoms with Crippen LogP contribution in [-0.4, -0.2) is 30.1 Å². The van der Waals surface area contributed by atoms with E-state index in [-0.39, 0.29) is 5.91 Å². The van der Waals surface area contributed by atoms with Gasteiger partial charge in [-0.15, -0.1) is 0 Å². The summed E-state index contributed by atoms with van der Waals surface area (Å²) < 4.78 is 27.1. The number of nitrogens with zero attached hydrogens (tertiary/aromatic N) is 2. The van der Waals surface area contributed by atoms with Crippen molar-refractivity contribution >= 4 is 38.3 Å². The molecule has 0 saturated carbocycles. The van der Waals surface area contributed by atoms with E-state index in [4.69, 9.17) is 0 Å². The summed E-state index contributed by atoms with van der Waals surface area (Å²) in [6.45, 7) is 3.43. The van der Waals surface area contributed by atoms with Crippen LogP contribution in [0, 0.1) is 0 Å². The Bertz CT molecular complexity index is 1070. The fourth-order valence-corrected chi connectivity index (χ4v) is 2.97. The van der Waals surface area contributed by atoms with E-state index in [9.17, 15) is 13.2 Å². The minimum absolute atomic E-state index is 0.301. The Kier molecular flexibility index (Phi) is 4.28. The van der Waals surface area contributed by atoms with Gasteiger partial charge >= 0.3 is 0 Å². The third-order valence-electron chi connectivity index (χ3n) is 3.43. The van der Waals surface area contributed by atoms with Gasteiger partial charge < -0.3 is 5.32 Å². The Hall–Kier alpha value is -3.13. The second-order valence-electron chi connectivity index (χ2n) is 5.44. The number of sulfonamides is 1. The molecule has 25 heavy (non-hydrogen) atoms. The molecule has 3 rings (SSSR count). The summed E-state index contributed by atoms with van der Waals surface area (Å²) in [5.74, 6) is -0.301. The predicted octanol–water partition coefficient (Wildman–Crippen LogP) is 2.52. The minimum atomic E-state index is -3.36. The second kappa shape index (κ2) is 6.40. The molecule has 0 radical (unpaired) electrons. The first kappa shape index (κ1) is 16.7. The third kappa shape index (κ3) is 3.86. The lowest BCUT2D eigenvalue weighted by molar-refractivity contribution is -0.111. The van der Waals surface area contributed by atoms with E-state index >= 15 is 0 Å². The number of rotatable bonds is 5. The Morgan fingerprint density at radius 2 is 2.00 bits per heavy atom. The molecule has 0 unspecified atom stereocenters. The molecule has 0 saturated heterocycles. The second-order valence-corrected chi connectivity index (χ2v) is 7.18. The van der Waals surface area contributed by atoms with Crippen molar-refractivity contribution in [2.24, 2.45) is 0 Å². The summed E-state index contributed by atoms with van der Waals surface area (Å²) in [7, 11) is -3.36. The zero-order chi connectivity index (χ0) is 18.0. The molecular formula is C17H16N4O3S. The molecule has 0 atom stereocenters. The van der Waals surface area contributed by atoms with Crippen molar-refractivity contribution in [1.29, 1.82) is 0 Å². The van der Waals surface area contributed by atoms with Gasteiger partial charge in [0.1, 0.15) is 6.33 Å². The molecular weight excluding hydrogens is 340 g/mol. The highest BCUT2D eigenvalue weighted by Crippen LogP contribution is 2.23. The van der Waals surface area contributed by atoms with Crippen LogP contribution in [0.4, 0.5) is 11.4 Å². The summed E-state index contributed by atoms with van der Waals surface area (Å²) in [5, 5.41) is 2.70. The quantitative estimate of drug-likeness (QED) is 0.687. The van der Waals surface area contributed by atoms with Crippen LogP contribution >= 0.6 is 0 Å². The standard InChI is InChI=1S/C17H16N4O3S/c1-3-17(22)19-12-7-8-15-16(10-12)21(11-18-15)14-6-4-5-13(9-14)20-25(2,23)24/h3-11,20H,1H2,2H3,(H,19,22). The maximum Gasteiger partial charge on any atom is 0.247 e. The Morgan fingerprint density at radius 3 is 2.72 bits per heavy atom. The van der Waals surface area contributed by atoms with Gasteiger partial charge in [-0.05, 0) is 42.5 Å². The number of aromatic nitrogens is 2. The molecule has 0 aliphatic rings. The molecule has 1 amide bonds. The van der Waals surface area contributed by atoms with Crippen LogP contribution < -0.4 is 10.0 Å². The number of nitrogens with one attached hydrogen (secondary N) is 2. The largest absolute Gasteiger partial charge is 0.322 e. The molecule has 0 fully saturated rings. The van der Waals surface area contributed by atoms with E-state index in [2.05, 4.69) is 21.6 Å². The molecule has 2 N–H and O–H groups in total. The van der Waals surface area contributed by atoms with Crippen molar-refractivity contribution in [3.63, 3.8) is 0 Å². The molecule has 0 bridgehead atoms. The van der Waals surface area contributed by atoms with Gasteiger partial charge in [0.2, 0.25) is 15.9 Å². The number of carbonyl (C=O) groups is 1. The van der Waals surface area contributed by atoms with Crippen LogP contribution in [-0.2, 0) is 14.8 Å². The first-order valence-corrected chi connectivity index (χ1v) is 9.23. The summed E-state index contributed by atoms with van der Waals surface area (Å²) in [6, 6.07) is 12.3. The lowest BCUT2D eigenvalue weighted by atomic mass is 10.2. The highest BCUT2D eigenvalue weighted by atomic mass is 32.2. The number of fused-ring (bicyclic) bond motifs is 1. The third-order valence-corrected chi connectivity index (χ3v) is 4.03. The lowest BCUT2D eigenvalue weighted by Crippen LogP contribution is -2.09. The highest BCUT2D eigenvalue weighted by Gasteiger charge is 2.08. The van der Waals surface area contributed by atoms with Crippen molar-refractivity contribution in [3.05, 3.63) is 61.4 Å². The monoisotopic (exact) mass is 356 g/mol. The molecule has 8 heteroatoms. The average Bonchev–Trinajstić information content (AvgIpc) is 2.96. The van der Waals surface area contributed by atoms with E-state index in [0.717, 1.165) is 23.0 Å². The zero-order valence-electron chi connectivity index (χ0n) is 13.4. The van der Waals surface area contributed by atoms with Crippen LogP contribution in [0.5, 0.6) is 0 Å². The van der Waals surface area contributed by atoms with E-state index in [1.807, 2.05) is 10.6 Å². The Morgan fingerprint density at radius 1 is 1.20 bits per heavy atom. The SMILES string of the molecule is C=CC(=O)Nc1ccc2ncn(-c3cccc(NS(C)(=O)=O)c3)c2c1. The van der Waals surface area contributed by atoms with E-state index in [1.54, 1.807) is 42.7 Å². The molecule has 1 heterocycles. The summed E-state index contributed by atoms with van der Waals surface area (Å²) in [5.41, 5.74) is 3.34. The van der Waals surface area contributed by atoms with Gasteiger partial charge in [0.15, 0.2) is 0 Å². The van der Waals surface area contributed by atoms with Crippen molar-refractivity contribution in [2.75, 3.05) is 16.3 Å². The smallest absolute Gasteiger partial charge is 0.247 e. The van der Waals surface area contributed by atoms with Gasteiger partial charge in [-0.2, -0.15) is 0 Å². The van der Waals surface area contributed by atoms with E-state index < -0.39 is 10.0 Å². The summed E-state index contributed by atoms with van der Waals surface area (Å²) in [6.07, 6.45) is 3.94. The van der Waals surface area contributed by atoms with E-state index in [1.165, 1.54) is 6.08 Å². The maximum atomic E-state index is 11.5. The van der Waals surface area contributed by atoms with Gasteiger partial charge in [-0.3, -0.25) is 14.1 Å². The predicted molar refractivity (Wildman–Crippen MR) is 98.4 cm³/mol. The summed E-state index contributed by atoms with van der Waals surface area (Å²) >= 11 is 0. The van der Waals surface area contributed by atoms with Gasteiger partial charge in [-0.1, -0.05) is 12.6 Å². The topological polar surface area (TPSA) is 93.1 Å². The van der Waals surface area contributed by atoms with E-state index in [0.29, 0.717) is 11.4 Å². The number of carbonyl (C=O) groups excluding carboxylic acids is 1. The molecule has 1 aromatic heterocycles. The molecule has 7 nitrogen and oxygen atoms in total. The van der Waals surface area contributed by atoms with Crippen molar-refractivity contribution < 1.29 is 13.2 Å². The van der Waals surface area contributed by atoms with Crippen LogP contribution in [0.3, 0.4) is 0 Å². The minimum Gasteiger partial charge on any atom is -0.322 e. The molecule has 2 aromatic carbocycles. The molecule has 0 aliphatic heterocycles. The van der Waals surface area contributed by atoms with Crippen LogP contribution in [0.2, 0.25) is 0 Å². The van der Waals surface area contributed by atoms with Crippen molar-refractivity contribution in [1.82, 2.24) is 9.55 Å².